The van der Waals surface area contributed by atoms with Gasteiger partial charge in [-0.05, 0) is 49.1 Å². The Hall–Kier alpha value is -3.16. The zero-order chi connectivity index (χ0) is 19.6. The number of carbonyl (C=O) groups excluding carboxylic acids is 1. The number of nitro groups is 1. The fraction of sp³-hybridized carbons (Fsp3) is 0.316. The summed E-state index contributed by atoms with van der Waals surface area (Å²) in [6, 6.07) is 7.57. The van der Waals surface area contributed by atoms with Crippen LogP contribution in [0.5, 0.6) is 5.75 Å². The van der Waals surface area contributed by atoms with E-state index >= 15 is 0 Å². The van der Waals surface area contributed by atoms with Crippen LogP contribution in [0.3, 0.4) is 0 Å². The minimum Gasteiger partial charge on any atom is -0.496 e. The number of aryl methyl sites for hydroxylation is 2. The van der Waals surface area contributed by atoms with E-state index in [9.17, 15) is 19.3 Å². The quantitative estimate of drug-likeness (QED) is 0.641. The molecule has 1 aliphatic heterocycles. The van der Waals surface area contributed by atoms with Gasteiger partial charge in [-0.1, -0.05) is 6.07 Å². The molecule has 0 fully saturated rings. The van der Waals surface area contributed by atoms with Crippen molar-refractivity contribution in [3.63, 3.8) is 0 Å². The van der Waals surface area contributed by atoms with Crippen LogP contribution in [0.15, 0.2) is 30.3 Å². The van der Waals surface area contributed by atoms with Gasteiger partial charge in [-0.25, -0.2) is 4.39 Å². The van der Waals surface area contributed by atoms with E-state index in [1.165, 1.54) is 31.4 Å². The van der Waals surface area contributed by atoms with E-state index in [2.05, 4.69) is 5.32 Å². The van der Waals surface area contributed by atoms with E-state index in [0.717, 1.165) is 24.0 Å². The van der Waals surface area contributed by atoms with Gasteiger partial charge in [-0.3, -0.25) is 14.9 Å². The second-order valence-electron chi connectivity index (χ2n) is 6.47. The van der Waals surface area contributed by atoms with E-state index in [-0.39, 0.29) is 23.7 Å². The molecule has 27 heavy (non-hydrogen) atoms. The summed E-state index contributed by atoms with van der Waals surface area (Å²) in [6.07, 6.45) is 1.57. The average Bonchev–Trinajstić information content (AvgIpc) is 2.61. The Balaban J connectivity index is 1.80. The van der Waals surface area contributed by atoms with Crippen molar-refractivity contribution in [1.29, 1.82) is 0 Å². The van der Waals surface area contributed by atoms with Crippen LogP contribution in [0.2, 0.25) is 0 Å². The van der Waals surface area contributed by atoms with Crippen molar-refractivity contribution in [2.45, 2.75) is 19.8 Å². The molecule has 2 aromatic rings. The SMILES string of the molecule is COc1ccc(NC(=O)CN2CCCc3cc(C)cc(F)c32)c([N+](=O)[O-])c1. The molecule has 7 nitrogen and oxygen atoms in total. The van der Waals surface area contributed by atoms with Gasteiger partial charge in [0, 0.05) is 6.54 Å². The van der Waals surface area contributed by atoms with Gasteiger partial charge >= 0.3 is 0 Å². The number of carbonyl (C=O) groups is 1. The van der Waals surface area contributed by atoms with Crippen molar-refractivity contribution in [2.75, 3.05) is 30.4 Å². The van der Waals surface area contributed by atoms with Gasteiger partial charge in [0.05, 0.1) is 30.3 Å². The van der Waals surface area contributed by atoms with Crippen molar-refractivity contribution in [1.82, 2.24) is 0 Å². The predicted molar refractivity (Wildman–Crippen MR) is 99.9 cm³/mol. The lowest BCUT2D eigenvalue weighted by Crippen LogP contribution is -2.37. The van der Waals surface area contributed by atoms with Crippen LogP contribution in [-0.2, 0) is 11.2 Å². The van der Waals surface area contributed by atoms with Crippen LogP contribution in [0.1, 0.15) is 17.5 Å². The summed E-state index contributed by atoms with van der Waals surface area (Å²) >= 11 is 0. The number of benzene rings is 2. The van der Waals surface area contributed by atoms with Crippen LogP contribution < -0.4 is 15.0 Å². The van der Waals surface area contributed by atoms with Gasteiger partial charge in [0.1, 0.15) is 17.3 Å². The first-order valence-electron chi connectivity index (χ1n) is 8.55. The Kier molecular flexibility index (Phi) is 5.25. The van der Waals surface area contributed by atoms with Gasteiger partial charge in [0.2, 0.25) is 5.91 Å². The maximum absolute atomic E-state index is 14.4. The Morgan fingerprint density at radius 1 is 1.37 bits per heavy atom. The summed E-state index contributed by atoms with van der Waals surface area (Å²) in [4.78, 5) is 24.8. The molecular formula is C19H20FN3O4. The first kappa shape index (κ1) is 18.6. The average molecular weight is 373 g/mol. The summed E-state index contributed by atoms with van der Waals surface area (Å²) in [5, 5.41) is 13.8. The fourth-order valence-electron chi connectivity index (χ4n) is 3.34. The number of amides is 1. The lowest BCUT2D eigenvalue weighted by Gasteiger charge is -2.31. The van der Waals surface area contributed by atoms with E-state index in [0.29, 0.717) is 18.0 Å². The highest BCUT2D eigenvalue weighted by Crippen LogP contribution is 2.32. The normalized spacial score (nSPS) is 13.1. The van der Waals surface area contributed by atoms with E-state index in [4.69, 9.17) is 4.74 Å². The highest BCUT2D eigenvalue weighted by Gasteiger charge is 2.24. The first-order chi connectivity index (χ1) is 12.9. The molecule has 0 atom stereocenters. The predicted octanol–water partition coefficient (Wildman–Crippen LogP) is 3.44. The number of ether oxygens (including phenoxy) is 1. The van der Waals surface area contributed by atoms with Crippen LogP contribution in [0.25, 0.3) is 0 Å². The van der Waals surface area contributed by atoms with Crippen molar-refractivity contribution in [2.24, 2.45) is 0 Å². The minimum atomic E-state index is -0.587. The molecule has 0 saturated heterocycles. The Bertz CT molecular complexity index is 901. The summed E-state index contributed by atoms with van der Waals surface area (Å²) in [5.74, 6) is -0.480. The van der Waals surface area contributed by atoms with Crippen molar-refractivity contribution < 1.29 is 18.8 Å². The van der Waals surface area contributed by atoms with E-state index < -0.39 is 10.8 Å². The van der Waals surface area contributed by atoms with Crippen LogP contribution in [0.4, 0.5) is 21.5 Å². The number of hydrogen-bond acceptors (Lipinski definition) is 5. The number of methoxy groups -OCH3 is 1. The number of fused-ring (bicyclic) bond motifs is 1. The molecule has 0 aromatic heterocycles. The van der Waals surface area contributed by atoms with E-state index in [1.807, 2.05) is 13.0 Å². The van der Waals surface area contributed by atoms with Crippen molar-refractivity contribution in [3.05, 3.63) is 57.4 Å². The molecule has 0 unspecified atom stereocenters. The number of nitro benzene ring substituents is 1. The Morgan fingerprint density at radius 3 is 2.85 bits per heavy atom. The van der Waals surface area contributed by atoms with Gasteiger partial charge in [0.25, 0.3) is 5.69 Å². The van der Waals surface area contributed by atoms with Crippen molar-refractivity contribution in [3.8, 4) is 5.75 Å². The number of anilines is 2. The van der Waals surface area contributed by atoms with Crippen LogP contribution >= 0.6 is 0 Å². The molecule has 0 aliphatic carbocycles. The number of halogens is 1. The summed E-state index contributed by atoms with van der Waals surface area (Å²) in [6.45, 7) is 2.29. The molecule has 0 bridgehead atoms. The molecule has 2 aromatic carbocycles. The van der Waals surface area contributed by atoms with Gasteiger partial charge in [-0.2, -0.15) is 0 Å². The number of hydrogen-bond donors (Lipinski definition) is 1. The Morgan fingerprint density at radius 2 is 2.15 bits per heavy atom. The molecule has 0 radical (unpaired) electrons. The van der Waals surface area contributed by atoms with E-state index in [1.54, 1.807) is 4.90 Å². The first-order valence-corrected chi connectivity index (χ1v) is 8.55. The Labute approximate surface area is 155 Å². The second-order valence-corrected chi connectivity index (χ2v) is 6.47. The summed E-state index contributed by atoms with van der Waals surface area (Å²) < 4.78 is 19.4. The zero-order valence-electron chi connectivity index (χ0n) is 15.1. The molecule has 0 spiro atoms. The monoisotopic (exact) mass is 373 g/mol. The fourth-order valence-corrected chi connectivity index (χ4v) is 3.34. The largest absolute Gasteiger partial charge is 0.496 e. The molecule has 3 rings (SSSR count). The zero-order valence-corrected chi connectivity index (χ0v) is 15.1. The van der Waals surface area contributed by atoms with Crippen LogP contribution in [-0.4, -0.2) is 31.0 Å². The number of rotatable bonds is 5. The molecule has 1 aliphatic rings. The maximum atomic E-state index is 14.4. The smallest absolute Gasteiger partial charge is 0.296 e. The topological polar surface area (TPSA) is 84.7 Å². The molecular weight excluding hydrogens is 353 g/mol. The molecule has 1 heterocycles. The third-order valence-corrected chi connectivity index (χ3v) is 4.49. The summed E-state index contributed by atoms with van der Waals surface area (Å²) in [5.41, 5.74) is 1.97. The molecule has 0 saturated carbocycles. The molecule has 8 heteroatoms. The second kappa shape index (κ2) is 7.61. The molecule has 1 N–H and O–H groups in total. The van der Waals surface area contributed by atoms with Crippen molar-refractivity contribution >= 4 is 23.0 Å². The lowest BCUT2D eigenvalue weighted by molar-refractivity contribution is -0.384. The van der Waals surface area contributed by atoms with Crippen LogP contribution in [0, 0.1) is 22.9 Å². The maximum Gasteiger partial charge on any atom is 0.296 e. The van der Waals surface area contributed by atoms with Gasteiger partial charge in [-0.15, -0.1) is 0 Å². The van der Waals surface area contributed by atoms with Gasteiger partial charge in [0.15, 0.2) is 0 Å². The minimum absolute atomic E-state index is 0.0763. The summed E-state index contributed by atoms with van der Waals surface area (Å²) in [7, 11) is 1.40. The highest BCUT2D eigenvalue weighted by atomic mass is 19.1. The third kappa shape index (κ3) is 3.99. The molecule has 142 valence electrons. The number of nitrogens with zero attached hydrogens (tertiary/aromatic N) is 2. The lowest BCUT2D eigenvalue weighted by atomic mass is 9.99. The van der Waals surface area contributed by atoms with Gasteiger partial charge < -0.3 is 15.0 Å². The third-order valence-electron chi connectivity index (χ3n) is 4.49. The number of nitrogens with one attached hydrogen (secondary N) is 1. The molecule has 1 amide bonds. The highest BCUT2D eigenvalue weighted by molar-refractivity contribution is 5.96. The standard InChI is InChI=1S/C19H20FN3O4/c1-12-8-13-4-3-7-22(19(13)15(20)9-12)11-18(24)21-16-6-5-14(27-2)10-17(16)23(25)26/h5-6,8-10H,3-4,7,11H2,1-2H3,(H,21,24).